The predicted molar refractivity (Wildman–Crippen MR) is 41.4 cm³/mol. The fourth-order valence-corrected chi connectivity index (χ4v) is 1.19. The molecular formula is C7H12N2O3. The average molecular weight is 172 g/mol. The summed E-state index contributed by atoms with van der Waals surface area (Å²) < 4.78 is 0. The molecule has 5 nitrogen and oxygen atoms in total. The van der Waals surface area contributed by atoms with Crippen LogP contribution in [0.25, 0.3) is 0 Å². The van der Waals surface area contributed by atoms with E-state index in [9.17, 15) is 9.59 Å². The summed E-state index contributed by atoms with van der Waals surface area (Å²) in [5, 5.41) is 10.3. The maximum absolute atomic E-state index is 10.4. The van der Waals surface area contributed by atoms with Gasteiger partial charge in [0.1, 0.15) is 6.29 Å². The molecule has 1 fully saturated rings. The van der Waals surface area contributed by atoms with Gasteiger partial charge in [0.25, 0.3) is 0 Å². The van der Waals surface area contributed by atoms with Crippen LogP contribution in [0.15, 0.2) is 0 Å². The molecule has 5 heteroatoms. The molecule has 68 valence electrons. The monoisotopic (exact) mass is 172 g/mol. The lowest BCUT2D eigenvalue weighted by atomic mass is 10.3. The van der Waals surface area contributed by atoms with Crippen molar-refractivity contribution in [1.29, 1.82) is 0 Å². The van der Waals surface area contributed by atoms with E-state index in [2.05, 4.69) is 5.43 Å². The van der Waals surface area contributed by atoms with Gasteiger partial charge in [0.15, 0.2) is 6.04 Å². The predicted octanol–water partition coefficient (Wildman–Crippen LogP) is -0.761. The van der Waals surface area contributed by atoms with Crippen molar-refractivity contribution in [2.45, 2.75) is 18.9 Å². The van der Waals surface area contributed by atoms with Crippen molar-refractivity contribution in [3.05, 3.63) is 0 Å². The molecule has 1 heterocycles. The minimum atomic E-state index is -1.13. The van der Waals surface area contributed by atoms with Gasteiger partial charge >= 0.3 is 5.97 Å². The second kappa shape index (κ2) is 4.18. The molecular weight excluding hydrogens is 160 g/mol. The Kier molecular flexibility index (Phi) is 3.19. The summed E-state index contributed by atoms with van der Waals surface area (Å²) in [5.41, 5.74) is 2.63. The van der Waals surface area contributed by atoms with E-state index in [1.54, 1.807) is 5.01 Å². The van der Waals surface area contributed by atoms with Crippen LogP contribution in [0.5, 0.6) is 0 Å². The van der Waals surface area contributed by atoms with Crippen LogP contribution < -0.4 is 5.43 Å². The summed E-state index contributed by atoms with van der Waals surface area (Å²) in [4.78, 5) is 20.7. The standard InChI is InChI=1S/C7H12N2O3/c10-5-6(7(11)12)8-9-3-1-2-4-9/h5-6,8H,1-4H2,(H,11,12). The second-order valence-electron chi connectivity index (χ2n) is 2.78. The van der Waals surface area contributed by atoms with Crippen molar-refractivity contribution in [3.8, 4) is 0 Å². The van der Waals surface area contributed by atoms with Gasteiger partial charge in [-0.05, 0) is 12.8 Å². The number of carbonyl (C=O) groups is 2. The summed E-state index contributed by atoms with van der Waals surface area (Å²) in [6.07, 6.45) is 2.51. The van der Waals surface area contributed by atoms with Crippen molar-refractivity contribution >= 4 is 12.3 Å². The van der Waals surface area contributed by atoms with Gasteiger partial charge in [0.2, 0.25) is 0 Å². The molecule has 0 aromatic heterocycles. The first kappa shape index (κ1) is 9.15. The zero-order valence-corrected chi connectivity index (χ0v) is 6.69. The molecule has 1 aliphatic rings. The van der Waals surface area contributed by atoms with Crippen LogP contribution in [0.3, 0.4) is 0 Å². The Labute approximate surface area is 70.3 Å². The molecule has 1 atom stereocenters. The van der Waals surface area contributed by atoms with E-state index in [1.165, 1.54) is 0 Å². The van der Waals surface area contributed by atoms with Gasteiger partial charge in [-0.25, -0.2) is 15.2 Å². The molecule has 0 amide bonds. The molecule has 12 heavy (non-hydrogen) atoms. The van der Waals surface area contributed by atoms with E-state index in [4.69, 9.17) is 5.11 Å². The van der Waals surface area contributed by atoms with E-state index < -0.39 is 12.0 Å². The lowest BCUT2D eigenvalue weighted by Crippen LogP contribution is -2.47. The maximum Gasteiger partial charge on any atom is 0.329 e. The number of hydrogen-bond acceptors (Lipinski definition) is 4. The van der Waals surface area contributed by atoms with E-state index >= 15 is 0 Å². The van der Waals surface area contributed by atoms with Crippen LogP contribution in [0, 0.1) is 0 Å². The van der Waals surface area contributed by atoms with Gasteiger partial charge in [-0.1, -0.05) is 0 Å². The Hall–Kier alpha value is -0.940. The number of aldehydes is 1. The molecule has 0 aliphatic carbocycles. The summed E-state index contributed by atoms with van der Waals surface area (Å²) in [7, 11) is 0. The largest absolute Gasteiger partial charge is 0.480 e. The zero-order valence-electron chi connectivity index (χ0n) is 6.69. The number of carbonyl (C=O) groups excluding carboxylic acids is 1. The van der Waals surface area contributed by atoms with Crippen molar-refractivity contribution in [2.24, 2.45) is 0 Å². The highest BCUT2D eigenvalue weighted by Gasteiger charge is 2.20. The number of nitrogens with one attached hydrogen (secondary N) is 1. The van der Waals surface area contributed by atoms with Crippen LogP contribution in [0.2, 0.25) is 0 Å². The van der Waals surface area contributed by atoms with Gasteiger partial charge < -0.3 is 9.90 Å². The summed E-state index contributed by atoms with van der Waals surface area (Å²) in [6, 6.07) is -1.09. The van der Waals surface area contributed by atoms with E-state index in [0.717, 1.165) is 25.9 Å². The van der Waals surface area contributed by atoms with Crippen molar-refractivity contribution in [2.75, 3.05) is 13.1 Å². The molecule has 0 spiro atoms. The van der Waals surface area contributed by atoms with Crippen molar-refractivity contribution in [3.63, 3.8) is 0 Å². The molecule has 0 aromatic rings. The van der Waals surface area contributed by atoms with Crippen LogP contribution >= 0.6 is 0 Å². The third kappa shape index (κ3) is 2.28. The molecule has 1 rings (SSSR count). The van der Waals surface area contributed by atoms with Gasteiger partial charge in [-0.2, -0.15) is 0 Å². The highest BCUT2D eigenvalue weighted by molar-refractivity contribution is 5.90. The first-order valence-corrected chi connectivity index (χ1v) is 3.93. The number of carboxylic acids is 1. The number of hydrogen-bond donors (Lipinski definition) is 2. The Balaban J connectivity index is 2.35. The molecule has 1 aliphatic heterocycles. The fourth-order valence-electron chi connectivity index (χ4n) is 1.19. The zero-order chi connectivity index (χ0) is 8.97. The number of hydrazine groups is 1. The van der Waals surface area contributed by atoms with E-state index in [0.29, 0.717) is 6.29 Å². The number of aliphatic carboxylic acids is 1. The second-order valence-corrected chi connectivity index (χ2v) is 2.78. The molecule has 2 N–H and O–H groups in total. The number of carboxylic acid groups (broad SMARTS) is 1. The molecule has 0 aromatic carbocycles. The topological polar surface area (TPSA) is 69.6 Å². The molecule has 0 bridgehead atoms. The first-order chi connectivity index (χ1) is 5.74. The van der Waals surface area contributed by atoms with Crippen LogP contribution in [0.4, 0.5) is 0 Å². The Morgan fingerprint density at radius 2 is 2.08 bits per heavy atom. The lowest BCUT2D eigenvalue weighted by molar-refractivity contribution is -0.142. The highest BCUT2D eigenvalue weighted by atomic mass is 16.4. The third-order valence-electron chi connectivity index (χ3n) is 1.83. The SMILES string of the molecule is O=CC(NN1CCCC1)C(=O)O. The minimum Gasteiger partial charge on any atom is -0.480 e. The van der Waals surface area contributed by atoms with Gasteiger partial charge in [-0.15, -0.1) is 0 Å². The molecule has 0 radical (unpaired) electrons. The third-order valence-corrected chi connectivity index (χ3v) is 1.83. The van der Waals surface area contributed by atoms with E-state index in [-0.39, 0.29) is 0 Å². The molecule has 1 saturated heterocycles. The van der Waals surface area contributed by atoms with Gasteiger partial charge in [0, 0.05) is 13.1 Å². The van der Waals surface area contributed by atoms with Crippen LogP contribution in [-0.2, 0) is 9.59 Å². The normalized spacial score (nSPS) is 20.7. The van der Waals surface area contributed by atoms with Crippen LogP contribution in [0.1, 0.15) is 12.8 Å². The molecule has 0 saturated carbocycles. The Bertz CT molecular complexity index is 177. The maximum atomic E-state index is 10.4. The van der Waals surface area contributed by atoms with Gasteiger partial charge in [-0.3, -0.25) is 0 Å². The Morgan fingerprint density at radius 1 is 1.50 bits per heavy atom. The van der Waals surface area contributed by atoms with E-state index in [1.807, 2.05) is 0 Å². The highest BCUT2D eigenvalue weighted by Crippen LogP contribution is 2.03. The Morgan fingerprint density at radius 3 is 2.50 bits per heavy atom. The molecule has 1 unspecified atom stereocenters. The summed E-state index contributed by atoms with van der Waals surface area (Å²) in [6.45, 7) is 1.63. The summed E-state index contributed by atoms with van der Waals surface area (Å²) >= 11 is 0. The van der Waals surface area contributed by atoms with Crippen LogP contribution in [-0.4, -0.2) is 41.5 Å². The average Bonchev–Trinajstić information content (AvgIpc) is 2.51. The van der Waals surface area contributed by atoms with Gasteiger partial charge in [0.05, 0.1) is 0 Å². The minimum absolute atomic E-state index is 0.403. The van der Waals surface area contributed by atoms with Crippen molar-refractivity contribution in [1.82, 2.24) is 10.4 Å². The first-order valence-electron chi connectivity index (χ1n) is 3.93. The smallest absolute Gasteiger partial charge is 0.329 e. The summed E-state index contributed by atoms with van der Waals surface area (Å²) in [5.74, 6) is -1.13. The lowest BCUT2D eigenvalue weighted by Gasteiger charge is -2.18. The van der Waals surface area contributed by atoms with Crippen molar-refractivity contribution < 1.29 is 14.7 Å². The number of rotatable bonds is 4. The quantitative estimate of drug-likeness (QED) is 0.431. The number of nitrogens with zero attached hydrogens (tertiary/aromatic N) is 1. The fraction of sp³-hybridized carbons (Fsp3) is 0.714.